The van der Waals surface area contributed by atoms with Gasteiger partial charge in [-0.15, -0.1) is 0 Å². The van der Waals surface area contributed by atoms with E-state index in [1.807, 2.05) is 30.3 Å². The third-order valence-corrected chi connectivity index (χ3v) is 12.4. The predicted octanol–water partition coefficient (Wildman–Crippen LogP) is 16.1. The van der Waals surface area contributed by atoms with Crippen molar-refractivity contribution < 1.29 is 27.1 Å². The molecule has 0 fully saturated rings. The molecule has 0 radical (unpaired) electrons. The van der Waals surface area contributed by atoms with Gasteiger partial charge in [0.05, 0.1) is 0 Å². The lowest BCUT2D eigenvalue weighted by atomic mass is 9.92. The molecule has 7 aromatic rings. The van der Waals surface area contributed by atoms with E-state index in [0.717, 1.165) is 83.3 Å². The molecule has 7 rings (SSSR count). The van der Waals surface area contributed by atoms with Gasteiger partial charge in [-0.3, -0.25) is 4.52 Å². The van der Waals surface area contributed by atoms with Gasteiger partial charge in [0.1, 0.15) is 28.7 Å². The van der Waals surface area contributed by atoms with Gasteiger partial charge in [0.25, 0.3) is 0 Å². The molecule has 59 heavy (non-hydrogen) atoms. The highest BCUT2D eigenvalue weighted by molar-refractivity contribution is 7.43. The van der Waals surface area contributed by atoms with Gasteiger partial charge in [-0.2, -0.15) is 0 Å². The molecular weight excluding hydrogens is 771 g/mol. The number of hydrogen-bond acceptors (Lipinski definition) is 6. The summed E-state index contributed by atoms with van der Waals surface area (Å²) in [6.07, 6.45) is 0. The molecular formula is C51H54O6P2. The quantitative estimate of drug-likeness (QED) is 0.0960. The fourth-order valence-corrected chi connectivity index (χ4v) is 9.19. The summed E-state index contributed by atoms with van der Waals surface area (Å²) in [5, 5.41) is 4.08. The molecule has 0 aliphatic heterocycles. The van der Waals surface area contributed by atoms with Crippen molar-refractivity contribution in [2.24, 2.45) is 0 Å². The molecule has 7 aromatic carbocycles. The highest BCUT2D eigenvalue weighted by atomic mass is 31.2. The smallest absolute Gasteiger partial charge is 0.417 e. The maximum atomic E-state index is 7.16. The van der Waals surface area contributed by atoms with Gasteiger partial charge in [0, 0.05) is 18.2 Å². The van der Waals surface area contributed by atoms with Crippen LogP contribution in [0.4, 0.5) is 0 Å². The second-order valence-electron chi connectivity index (χ2n) is 16.0. The lowest BCUT2D eigenvalue weighted by molar-refractivity contribution is 0.322. The summed E-state index contributed by atoms with van der Waals surface area (Å²) >= 11 is 0. The zero-order valence-corrected chi connectivity index (χ0v) is 37.5. The van der Waals surface area contributed by atoms with Crippen molar-refractivity contribution in [2.75, 3.05) is 7.11 Å². The second kappa shape index (κ2) is 18.4. The third-order valence-electron chi connectivity index (χ3n) is 10.4. The Kier molecular flexibility index (Phi) is 13.1. The normalized spacial score (nSPS) is 12.2. The minimum atomic E-state index is -2.06. The van der Waals surface area contributed by atoms with Crippen LogP contribution in [0.1, 0.15) is 92.7 Å². The highest BCUT2D eigenvalue weighted by Gasteiger charge is 2.29. The fraction of sp³-hybridized carbons (Fsp3) is 0.255. The van der Waals surface area contributed by atoms with Crippen molar-refractivity contribution in [2.45, 2.75) is 80.1 Å². The van der Waals surface area contributed by atoms with Gasteiger partial charge in [-0.1, -0.05) is 139 Å². The van der Waals surface area contributed by atoms with Crippen molar-refractivity contribution in [1.82, 2.24) is 0 Å². The maximum Gasteiger partial charge on any atom is 0.530 e. The van der Waals surface area contributed by atoms with Crippen LogP contribution in [0.15, 0.2) is 127 Å². The largest absolute Gasteiger partial charge is 0.530 e. The molecule has 0 aliphatic carbocycles. The molecule has 0 heterocycles. The standard InChI is InChI=1S/C51H54O6P2/c1-32(2)40-24-19-35(7)29-47(40)55-58(52-10)53-45-27-22-38-15-11-13-17-43(38)50(45)51-44-18-14-12-16-39(44)23-28-46(51)54-59(56-48-30-36(8)20-25-41(48)33(3)4)57-49-31-37(9)21-26-42(49)34(5)6/h11-34H,1-10H3. The van der Waals surface area contributed by atoms with Crippen LogP contribution in [0.25, 0.3) is 32.7 Å². The first-order chi connectivity index (χ1) is 28.4. The van der Waals surface area contributed by atoms with Crippen molar-refractivity contribution in [3.8, 4) is 39.9 Å². The van der Waals surface area contributed by atoms with Gasteiger partial charge < -0.3 is 22.6 Å². The Bertz CT molecular complexity index is 2520. The average molecular weight is 825 g/mol. The molecule has 0 saturated carbocycles. The van der Waals surface area contributed by atoms with Crippen molar-refractivity contribution in [3.05, 3.63) is 161 Å². The van der Waals surface area contributed by atoms with Crippen molar-refractivity contribution in [3.63, 3.8) is 0 Å². The zero-order valence-electron chi connectivity index (χ0n) is 35.7. The monoisotopic (exact) mass is 824 g/mol. The molecule has 0 amide bonds. The summed E-state index contributed by atoms with van der Waals surface area (Å²) in [5.41, 5.74) is 8.21. The molecule has 0 N–H and O–H groups in total. The number of aryl methyl sites for hydroxylation is 3. The lowest BCUT2D eigenvalue weighted by Crippen LogP contribution is -2.07. The Labute approximate surface area is 352 Å². The Hall–Kier alpha value is -5.12. The summed E-state index contributed by atoms with van der Waals surface area (Å²) in [6.45, 7) is 19.2. The molecule has 1 atom stereocenters. The van der Waals surface area contributed by atoms with Crippen LogP contribution >= 0.6 is 17.2 Å². The first-order valence-electron chi connectivity index (χ1n) is 20.3. The molecule has 1 unspecified atom stereocenters. The van der Waals surface area contributed by atoms with E-state index in [1.54, 1.807) is 7.11 Å². The molecule has 0 saturated heterocycles. The SMILES string of the molecule is COP(Oc1cc(C)ccc1C(C)C)Oc1ccc2ccccc2c1-c1c(OP(Oc2cc(C)ccc2C(C)C)Oc2cc(C)ccc2C(C)C)ccc2ccccc12. The summed E-state index contributed by atoms with van der Waals surface area (Å²) in [4.78, 5) is 0. The zero-order chi connectivity index (χ0) is 41.8. The van der Waals surface area contributed by atoms with E-state index in [4.69, 9.17) is 27.1 Å². The Morgan fingerprint density at radius 1 is 0.373 bits per heavy atom. The summed E-state index contributed by atoms with van der Waals surface area (Å²) < 4.78 is 40.5. The molecule has 0 aliphatic rings. The van der Waals surface area contributed by atoms with Crippen molar-refractivity contribution in [1.29, 1.82) is 0 Å². The first-order valence-corrected chi connectivity index (χ1v) is 22.5. The number of benzene rings is 7. The van der Waals surface area contributed by atoms with E-state index in [2.05, 4.69) is 159 Å². The molecule has 0 spiro atoms. The minimum Gasteiger partial charge on any atom is -0.417 e. The van der Waals surface area contributed by atoms with E-state index in [1.165, 1.54) is 0 Å². The molecule has 0 aromatic heterocycles. The van der Waals surface area contributed by atoms with Gasteiger partial charge in [0.2, 0.25) is 0 Å². The van der Waals surface area contributed by atoms with Gasteiger partial charge in [-0.05, 0) is 124 Å². The van der Waals surface area contributed by atoms with Crippen LogP contribution < -0.4 is 22.6 Å². The van der Waals surface area contributed by atoms with Crippen LogP contribution in [0, 0.1) is 20.8 Å². The Morgan fingerprint density at radius 2 is 0.712 bits per heavy atom. The second-order valence-corrected chi connectivity index (χ2v) is 18.2. The van der Waals surface area contributed by atoms with E-state index >= 15 is 0 Å². The summed E-state index contributed by atoms with van der Waals surface area (Å²) in [6, 6.07) is 43.8. The summed E-state index contributed by atoms with van der Waals surface area (Å²) in [7, 11) is -2.31. The number of hydrogen-bond donors (Lipinski definition) is 0. The van der Waals surface area contributed by atoms with Crippen LogP contribution in [-0.4, -0.2) is 7.11 Å². The van der Waals surface area contributed by atoms with Gasteiger partial charge >= 0.3 is 17.2 Å². The third kappa shape index (κ3) is 9.53. The molecule has 6 nitrogen and oxygen atoms in total. The predicted molar refractivity (Wildman–Crippen MR) is 247 cm³/mol. The first kappa shape index (κ1) is 42.0. The average Bonchev–Trinajstić information content (AvgIpc) is 3.20. The lowest BCUT2D eigenvalue weighted by Gasteiger charge is -2.25. The number of fused-ring (bicyclic) bond motifs is 2. The Balaban J connectivity index is 1.40. The summed E-state index contributed by atoms with van der Waals surface area (Å²) in [5.74, 6) is 4.10. The van der Waals surface area contributed by atoms with E-state index in [9.17, 15) is 0 Å². The van der Waals surface area contributed by atoms with E-state index in [-0.39, 0.29) is 17.8 Å². The topological polar surface area (TPSA) is 55.4 Å². The van der Waals surface area contributed by atoms with Crippen LogP contribution in [0.2, 0.25) is 0 Å². The molecule has 8 heteroatoms. The van der Waals surface area contributed by atoms with Crippen LogP contribution in [0.3, 0.4) is 0 Å². The molecule has 0 bridgehead atoms. The maximum absolute atomic E-state index is 7.16. The van der Waals surface area contributed by atoms with Crippen LogP contribution in [-0.2, 0) is 4.52 Å². The Morgan fingerprint density at radius 3 is 1.08 bits per heavy atom. The fourth-order valence-electron chi connectivity index (χ4n) is 7.31. The van der Waals surface area contributed by atoms with Gasteiger partial charge in [0.15, 0.2) is 0 Å². The minimum absolute atomic E-state index is 0.216. The molecule has 304 valence electrons. The highest BCUT2D eigenvalue weighted by Crippen LogP contribution is 2.54. The number of rotatable bonds is 15. The van der Waals surface area contributed by atoms with E-state index in [0.29, 0.717) is 11.5 Å². The van der Waals surface area contributed by atoms with Crippen molar-refractivity contribution >= 4 is 38.7 Å². The van der Waals surface area contributed by atoms with E-state index < -0.39 is 17.2 Å². The van der Waals surface area contributed by atoms with Crippen LogP contribution in [0.5, 0.6) is 28.7 Å². The van der Waals surface area contributed by atoms with Gasteiger partial charge in [-0.25, -0.2) is 0 Å².